The van der Waals surface area contributed by atoms with Crippen molar-refractivity contribution in [2.75, 3.05) is 7.05 Å². The highest BCUT2D eigenvalue weighted by Crippen LogP contribution is 2.08. The largest absolute Gasteiger partial charge is 0.250 e. The molecule has 3 heteroatoms. The van der Waals surface area contributed by atoms with Crippen molar-refractivity contribution >= 4 is 12.1 Å². The molecule has 0 saturated heterocycles. The molecule has 0 aromatic carbocycles. The molecule has 1 heterocycles. The molecule has 0 aromatic rings. The number of likely N-dealkylation sites (N-methyl/N-ethyl adjacent to an activating group) is 1. The third-order valence-electron chi connectivity index (χ3n) is 1.59. The standard InChI is InChI=1S/C9H13N3/c1-4-6-10-9-8(5-2)7-11-12(9)3/h4-7H,1-3H3/b6-4-,8-5-,10-9+. The van der Waals surface area contributed by atoms with Gasteiger partial charge in [0.1, 0.15) is 0 Å². The molecule has 0 amide bonds. The van der Waals surface area contributed by atoms with Gasteiger partial charge in [-0.1, -0.05) is 12.2 Å². The highest BCUT2D eigenvalue weighted by molar-refractivity contribution is 6.18. The Bertz CT molecular complexity index is 271. The average Bonchev–Trinajstić information content (AvgIpc) is 2.43. The summed E-state index contributed by atoms with van der Waals surface area (Å²) in [6, 6.07) is 0. The van der Waals surface area contributed by atoms with Crippen molar-refractivity contribution in [3.8, 4) is 0 Å². The highest BCUT2D eigenvalue weighted by atomic mass is 15.5. The number of rotatable bonds is 1. The molecule has 1 aliphatic rings. The summed E-state index contributed by atoms with van der Waals surface area (Å²) in [6.07, 6.45) is 7.47. The number of hydrogen-bond donors (Lipinski definition) is 0. The second-order valence-corrected chi connectivity index (χ2v) is 2.45. The van der Waals surface area contributed by atoms with Crippen LogP contribution in [-0.2, 0) is 0 Å². The van der Waals surface area contributed by atoms with E-state index in [1.807, 2.05) is 39.3 Å². The van der Waals surface area contributed by atoms with Gasteiger partial charge in [0.15, 0.2) is 5.84 Å². The van der Waals surface area contributed by atoms with Crippen LogP contribution < -0.4 is 0 Å². The molecular formula is C9H13N3. The summed E-state index contributed by atoms with van der Waals surface area (Å²) < 4.78 is 0. The fraction of sp³-hybridized carbons (Fsp3) is 0.333. The fourth-order valence-electron chi connectivity index (χ4n) is 0.955. The minimum atomic E-state index is 0.899. The van der Waals surface area contributed by atoms with Crippen LogP contribution in [0.25, 0.3) is 0 Å². The molecule has 0 unspecified atom stereocenters. The lowest BCUT2D eigenvalue weighted by Gasteiger charge is -2.06. The number of allylic oxidation sites excluding steroid dienone is 2. The van der Waals surface area contributed by atoms with Gasteiger partial charge in [-0.2, -0.15) is 5.10 Å². The van der Waals surface area contributed by atoms with Gasteiger partial charge in [0.05, 0.1) is 6.21 Å². The minimum Gasteiger partial charge on any atom is -0.250 e. The first-order valence-electron chi connectivity index (χ1n) is 3.93. The third-order valence-corrected chi connectivity index (χ3v) is 1.59. The number of aliphatic imine (C=N–C) groups is 1. The van der Waals surface area contributed by atoms with Crippen LogP contribution in [0.3, 0.4) is 0 Å². The predicted molar refractivity (Wildman–Crippen MR) is 52.3 cm³/mol. The van der Waals surface area contributed by atoms with Crippen LogP contribution in [-0.4, -0.2) is 24.1 Å². The lowest BCUT2D eigenvalue weighted by Crippen LogP contribution is -2.16. The summed E-state index contributed by atoms with van der Waals surface area (Å²) in [5.41, 5.74) is 1.07. The molecule has 1 rings (SSSR count). The molecule has 1 aliphatic heterocycles. The van der Waals surface area contributed by atoms with Crippen molar-refractivity contribution in [3.05, 3.63) is 23.9 Å². The SMILES string of the molecule is C\C=C/N=C1\C(=C/C)C=NN1C. The van der Waals surface area contributed by atoms with Crippen LogP contribution in [0, 0.1) is 0 Å². The van der Waals surface area contributed by atoms with Crippen molar-refractivity contribution in [2.45, 2.75) is 13.8 Å². The molecule has 0 aromatic heterocycles. The Kier molecular flexibility index (Phi) is 2.80. The average molecular weight is 163 g/mol. The maximum atomic E-state index is 4.24. The van der Waals surface area contributed by atoms with Gasteiger partial charge >= 0.3 is 0 Å². The lowest BCUT2D eigenvalue weighted by molar-refractivity contribution is 0.561. The molecule has 0 atom stereocenters. The first-order valence-corrected chi connectivity index (χ1v) is 3.93. The summed E-state index contributed by atoms with van der Waals surface area (Å²) in [4.78, 5) is 4.24. The van der Waals surface area contributed by atoms with E-state index in [0.717, 1.165) is 11.4 Å². The molecule has 0 bridgehead atoms. The van der Waals surface area contributed by atoms with E-state index >= 15 is 0 Å². The van der Waals surface area contributed by atoms with Crippen molar-refractivity contribution in [2.24, 2.45) is 10.1 Å². The Hall–Kier alpha value is -1.38. The Morgan fingerprint density at radius 2 is 2.25 bits per heavy atom. The van der Waals surface area contributed by atoms with Crippen molar-refractivity contribution in [1.82, 2.24) is 5.01 Å². The predicted octanol–water partition coefficient (Wildman–Crippen LogP) is 1.80. The second kappa shape index (κ2) is 3.85. The van der Waals surface area contributed by atoms with Crippen molar-refractivity contribution in [3.63, 3.8) is 0 Å². The van der Waals surface area contributed by atoms with Crippen molar-refractivity contribution < 1.29 is 0 Å². The van der Waals surface area contributed by atoms with Crippen LogP contribution in [0.2, 0.25) is 0 Å². The van der Waals surface area contributed by atoms with E-state index in [1.165, 1.54) is 0 Å². The van der Waals surface area contributed by atoms with E-state index in [0.29, 0.717) is 0 Å². The Labute approximate surface area is 72.8 Å². The normalized spacial score (nSPS) is 23.8. The van der Waals surface area contributed by atoms with Gasteiger partial charge in [-0.25, -0.2) is 4.99 Å². The summed E-state index contributed by atoms with van der Waals surface area (Å²) in [6.45, 7) is 3.92. The van der Waals surface area contributed by atoms with Gasteiger partial charge in [0.2, 0.25) is 0 Å². The van der Waals surface area contributed by atoms with Gasteiger partial charge < -0.3 is 0 Å². The lowest BCUT2D eigenvalue weighted by atomic mass is 10.2. The zero-order chi connectivity index (χ0) is 8.97. The number of hydrazone groups is 1. The van der Waals surface area contributed by atoms with Gasteiger partial charge in [0.25, 0.3) is 0 Å². The Balaban J connectivity index is 2.89. The Morgan fingerprint density at radius 1 is 1.50 bits per heavy atom. The second-order valence-electron chi connectivity index (χ2n) is 2.45. The van der Waals surface area contributed by atoms with E-state index in [9.17, 15) is 0 Å². The summed E-state index contributed by atoms with van der Waals surface area (Å²) in [5, 5.41) is 5.86. The minimum absolute atomic E-state index is 0.899. The van der Waals surface area contributed by atoms with E-state index in [1.54, 1.807) is 11.2 Å². The molecular weight excluding hydrogens is 150 g/mol. The molecule has 0 saturated carbocycles. The molecule has 64 valence electrons. The molecule has 3 nitrogen and oxygen atoms in total. The zero-order valence-electron chi connectivity index (χ0n) is 7.65. The van der Waals surface area contributed by atoms with Crippen LogP contribution in [0.5, 0.6) is 0 Å². The quantitative estimate of drug-likeness (QED) is 0.579. The van der Waals surface area contributed by atoms with Crippen LogP contribution in [0.1, 0.15) is 13.8 Å². The maximum Gasteiger partial charge on any atom is 0.157 e. The molecule has 0 N–H and O–H groups in total. The van der Waals surface area contributed by atoms with Gasteiger partial charge in [-0.15, -0.1) is 0 Å². The monoisotopic (exact) mass is 163 g/mol. The number of hydrogen-bond acceptors (Lipinski definition) is 2. The zero-order valence-corrected chi connectivity index (χ0v) is 7.65. The summed E-state index contributed by atoms with van der Waals surface area (Å²) in [5.74, 6) is 0.899. The van der Waals surface area contributed by atoms with Crippen LogP contribution >= 0.6 is 0 Å². The molecule has 0 aliphatic carbocycles. The Morgan fingerprint density at radius 3 is 2.83 bits per heavy atom. The summed E-state index contributed by atoms with van der Waals surface area (Å²) >= 11 is 0. The smallest absolute Gasteiger partial charge is 0.157 e. The number of nitrogens with zero attached hydrogens (tertiary/aromatic N) is 3. The first kappa shape index (κ1) is 8.71. The maximum absolute atomic E-state index is 4.24. The molecule has 0 spiro atoms. The first-order chi connectivity index (χ1) is 5.79. The molecule has 12 heavy (non-hydrogen) atoms. The van der Waals surface area contributed by atoms with Crippen LogP contribution in [0.4, 0.5) is 0 Å². The molecule has 0 radical (unpaired) electrons. The third kappa shape index (κ3) is 1.61. The van der Waals surface area contributed by atoms with E-state index in [-0.39, 0.29) is 0 Å². The van der Waals surface area contributed by atoms with E-state index in [4.69, 9.17) is 0 Å². The highest BCUT2D eigenvalue weighted by Gasteiger charge is 2.14. The van der Waals surface area contributed by atoms with Gasteiger partial charge in [0, 0.05) is 18.8 Å². The number of amidine groups is 1. The van der Waals surface area contributed by atoms with Gasteiger partial charge in [-0.05, 0) is 13.8 Å². The van der Waals surface area contributed by atoms with Crippen molar-refractivity contribution in [1.29, 1.82) is 0 Å². The molecule has 0 fully saturated rings. The van der Waals surface area contributed by atoms with E-state index < -0.39 is 0 Å². The topological polar surface area (TPSA) is 28.0 Å². The summed E-state index contributed by atoms with van der Waals surface area (Å²) in [7, 11) is 1.88. The van der Waals surface area contributed by atoms with E-state index in [2.05, 4.69) is 10.1 Å². The fourth-order valence-corrected chi connectivity index (χ4v) is 0.955. The van der Waals surface area contributed by atoms with Gasteiger partial charge in [-0.3, -0.25) is 5.01 Å². The van der Waals surface area contributed by atoms with Crippen LogP contribution in [0.15, 0.2) is 34.0 Å².